The number of carbonyl (C=O) groups is 1. The maximum Gasteiger partial charge on any atom is 0.253 e. The molecule has 2 aliphatic heterocycles. The summed E-state index contributed by atoms with van der Waals surface area (Å²) in [4.78, 5) is 16.7. The zero-order chi connectivity index (χ0) is 13.0. The lowest BCUT2D eigenvalue weighted by Gasteiger charge is -2.39. The Kier molecular flexibility index (Phi) is 4.97. The van der Waals surface area contributed by atoms with E-state index in [1.807, 2.05) is 4.90 Å². The number of nitrogens with two attached hydrogens (primary N) is 1. The Morgan fingerprint density at radius 1 is 1.39 bits per heavy atom. The molecule has 0 aliphatic carbocycles. The van der Waals surface area contributed by atoms with Crippen molar-refractivity contribution < 1.29 is 9.53 Å². The van der Waals surface area contributed by atoms with Crippen molar-refractivity contribution in [1.82, 2.24) is 9.80 Å². The van der Waals surface area contributed by atoms with Crippen LogP contribution in [-0.2, 0) is 9.53 Å². The maximum atomic E-state index is 12.5. The van der Waals surface area contributed by atoms with Crippen LogP contribution in [0.2, 0.25) is 0 Å². The smallest absolute Gasteiger partial charge is 0.253 e. The molecule has 5 nitrogen and oxygen atoms in total. The highest BCUT2D eigenvalue weighted by Gasteiger charge is 2.33. The molecule has 2 heterocycles. The van der Waals surface area contributed by atoms with Crippen LogP contribution >= 0.6 is 0 Å². The van der Waals surface area contributed by atoms with Crippen LogP contribution in [0.1, 0.15) is 26.2 Å². The second-order valence-corrected chi connectivity index (χ2v) is 5.17. The summed E-state index contributed by atoms with van der Waals surface area (Å²) in [5, 5.41) is 0. The van der Waals surface area contributed by atoms with E-state index in [1.54, 1.807) is 0 Å². The first-order valence-corrected chi connectivity index (χ1v) is 7.10. The Bertz CT molecular complexity index is 285. The summed E-state index contributed by atoms with van der Waals surface area (Å²) < 4.78 is 5.64. The molecule has 2 fully saturated rings. The number of piperidine rings is 1. The van der Waals surface area contributed by atoms with Gasteiger partial charge < -0.3 is 15.4 Å². The van der Waals surface area contributed by atoms with Crippen LogP contribution < -0.4 is 5.73 Å². The van der Waals surface area contributed by atoms with E-state index in [0.29, 0.717) is 13.2 Å². The van der Waals surface area contributed by atoms with Crippen molar-refractivity contribution >= 4 is 5.91 Å². The van der Waals surface area contributed by atoms with Crippen LogP contribution in [0, 0.1) is 0 Å². The summed E-state index contributed by atoms with van der Waals surface area (Å²) in [7, 11) is 0. The number of nitrogens with zero attached hydrogens (tertiary/aromatic N) is 2. The van der Waals surface area contributed by atoms with E-state index in [4.69, 9.17) is 10.5 Å². The van der Waals surface area contributed by atoms with Crippen LogP contribution in [0.15, 0.2) is 0 Å². The topological polar surface area (TPSA) is 58.8 Å². The van der Waals surface area contributed by atoms with Crippen molar-refractivity contribution in [2.45, 2.75) is 38.3 Å². The van der Waals surface area contributed by atoms with Crippen molar-refractivity contribution in [3.63, 3.8) is 0 Å². The molecule has 0 aromatic rings. The molecule has 2 N–H and O–H groups in total. The van der Waals surface area contributed by atoms with E-state index < -0.39 is 0 Å². The number of ether oxygens (including phenoxy) is 1. The summed E-state index contributed by atoms with van der Waals surface area (Å²) in [6.07, 6.45) is 3.02. The second-order valence-electron chi connectivity index (χ2n) is 5.17. The molecular formula is C13H25N3O2. The van der Waals surface area contributed by atoms with Crippen LogP contribution in [0.5, 0.6) is 0 Å². The van der Waals surface area contributed by atoms with E-state index >= 15 is 0 Å². The lowest BCUT2D eigenvalue weighted by molar-refractivity contribution is -0.152. The highest BCUT2D eigenvalue weighted by Crippen LogP contribution is 2.19. The molecule has 0 aromatic heterocycles. The zero-order valence-corrected chi connectivity index (χ0v) is 11.3. The molecule has 0 radical (unpaired) electrons. The van der Waals surface area contributed by atoms with Gasteiger partial charge in [0, 0.05) is 32.2 Å². The highest BCUT2D eigenvalue weighted by molar-refractivity contribution is 5.81. The van der Waals surface area contributed by atoms with Crippen LogP contribution in [0.3, 0.4) is 0 Å². The van der Waals surface area contributed by atoms with Gasteiger partial charge in [0.05, 0.1) is 6.61 Å². The van der Waals surface area contributed by atoms with Crippen LogP contribution in [0.25, 0.3) is 0 Å². The van der Waals surface area contributed by atoms with Gasteiger partial charge in [-0.1, -0.05) is 6.92 Å². The molecule has 2 saturated heterocycles. The van der Waals surface area contributed by atoms with Crippen molar-refractivity contribution in [1.29, 1.82) is 0 Å². The van der Waals surface area contributed by atoms with Crippen molar-refractivity contribution in [2.24, 2.45) is 5.73 Å². The number of amides is 1. The Balaban J connectivity index is 1.96. The monoisotopic (exact) mass is 255 g/mol. The Morgan fingerprint density at radius 3 is 2.94 bits per heavy atom. The van der Waals surface area contributed by atoms with Gasteiger partial charge in [0.1, 0.15) is 6.10 Å². The summed E-state index contributed by atoms with van der Waals surface area (Å²) in [5.41, 5.74) is 5.77. The quantitative estimate of drug-likeness (QED) is 0.774. The molecule has 0 spiro atoms. The van der Waals surface area contributed by atoms with E-state index in [-0.39, 0.29) is 18.1 Å². The summed E-state index contributed by atoms with van der Waals surface area (Å²) in [6, 6.07) is 0.215. The fraction of sp³-hybridized carbons (Fsp3) is 0.923. The minimum Gasteiger partial charge on any atom is -0.366 e. The minimum atomic E-state index is -0.286. The van der Waals surface area contributed by atoms with Gasteiger partial charge in [-0.3, -0.25) is 9.69 Å². The first kappa shape index (κ1) is 13.8. The molecule has 2 aliphatic rings. The average Bonchev–Trinajstić information content (AvgIpc) is 2.46. The number of rotatable bonds is 3. The zero-order valence-electron chi connectivity index (χ0n) is 11.3. The normalized spacial score (nSPS) is 30.4. The Labute approximate surface area is 109 Å². The molecular weight excluding hydrogens is 230 g/mol. The molecule has 0 unspecified atom stereocenters. The van der Waals surface area contributed by atoms with Gasteiger partial charge in [-0.05, 0) is 25.8 Å². The maximum absolute atomic E-state index is 12.5. The highest BCUT2D eigenvalue weighted by atomic mass is 16.5. The molecule has 1 amide bonds. The number of carbonyl (C=O) groups excluding carboxylic acids is 1. The molecule has 104 valence electrons. The van der Waals surface area contributed by atoms with E-state index in [2.05, 4.69) is 11.8 Å². The molecule has 2 atom stereocenters. The third-order valence-electron chi connectivity index (χ3n) is 4.06. The van der Waals surface area contributed by atoms with Crippen molar-refractivity contribution in [3.05, 3.63) is 0 Å². The Morgan fingerprint density at radius 2 is 2.22 bits per heavy atom. The molecule has 18 heavy (non-hydrogen) atoms. The molecule has 5 heteroatoms. The van der Waals surface area contributed by atoms with Gasteiger partial charge in [0.2, 0.25) is 0 Å². The minimum absolute atomic E-state index is 0.142. The van der Waals surface area contributed by atoms with Gasteiger partial charge >= 0.3 is 0 Å². The van der Waals surface area contributed by atoms with Crippen LogP contribution in [0.4, 0.5) is 0 Å². The van der Waals surface area contributed by atoms with E-state index in [1.165, 1.54) is 6.42 Å². The molecule has 2 rings (SSSR count). The van der Waals surface area contributed by atoms with Gasteiger partial charge in [0.15, 0.2) is 0 Å². The fourth-order valence-corrected chi connectivity index (χ4v) is 2.86. The van der Waals surface area contributed by atoms with E-state index in [0.717, 1.165) is 39.0 Å². The number of hydrogen-bond acceptors (Lipinski definition) is 4. The second kappa shape index (κ2) is 6.50. The largest absolute Gasteiger partial charge is 0.366 e. The lowest BCUT2D eigenvalue weighted by Crippen LogP contribution is -2.55. The fourth-order valence-electron chi connectivity index (χ4n) is 2.86. The number of hydrogen-bond donors (Lipinski definition) is 1. The summed E-state index contributed by atoms with van der Waals surface area (Å²) in [5.74, 6) is 0.142. The third-order valence-corrected chi connectivity index (χ3v) is 4.06. The molecule has 0 aromatic carbocycles. The van der Waals surface area contributed by atoms with Gasteiger partial charge in [0.25, 0.3) is 5.91 Å². The first-order valence-electron chi connectivity index (χ1n) is 7.10. The number of likely N-dealkylation sites (N-methyl/N-ethyl adjacent to an activating group) is 1. The lowest BCUT2D eigenvalue weighted by atomic mass is 10.0. The van der Waals surface area contributed by atoms with Crippen molar-refractivity contribution in [3.8, 4) is 0 Å². The molecule has 0 bridgehead atoms. The predicted molar refractivity (Wildman–Crippen MR) is 70.3 cm³/mol. The van der Waals surface area contributed by atoms with E-state index in [9.17, 15) is 4.79 Å². The SMILES string of the molecule is CCN1CCO[C@@H](C(=O)N2CCCC[C@@H]2CN)C1. The van der Waals surface area contributed by atoms with Gasteiger partial charge in [-0.25, -0.2) is 0 Å². The first-order chi connectivity index (χ1) is 8.76. The summed E-state index contributed by atoms with van der Waals surface area (Å²) >= 11 is 0. The van der Waals surface area contributed by atoms with Crippen molar-refractivity contribution in [2.75, 3.05) is 39.3 Å². The number of likely N-dealkylation sites (tertiary alicyclic amines) is 1. The van der Waals surface area contributed by atoms with Gasteiger partial charge in [-0.15, -0.1) is 0 Å². The summed E-state index contributed by atoms with van der Waals surface area (Å²) in [6.45, 7) is 6.82. The standard InChI is InChI=1S/C13H25N3O2/c1-2-15-7-8-18-12(10-15)13(17)16-6-4-3-5-11(16)9-14/h11-12H,2-10,14H2,1H3/t11-,12-/m1/s1. The Hall–Kier alpha value is -0.650. The average molecular weight is 255 g/mol. The predicted octanol–water partition coefficient (Wildman–Crippen LogP) is 0.0469. The van der Waals surface area contributed by atoms with Gasteiger partial charge in [-0.2, -0.15) is 0 Å². The van der Waals surface area contributed by atoms with Crippen LogP contribution in [-0.4, -0.2) is 67.2 Å². The number of morpholine rings is 1. The molecule has 0 saturated carbocycles. The third kappa shape index (κ3) is 3.02.